The highest BCUT2D eigenvalue weighted by molar-refractivity contribution is 5.17. The van der Waals surface area contributed by atoms with Crippen molar-refractivity contribution < 1.29 is 0 Å². The Bertz CT molecular complexity index is 356. The first-order valence-electron chi connectivity index (χ1n) is 7.54. The van der Waals surface area contributed by atoms with E-state index in [1.807, 2.05) is 6.20 Å². The third-order valence-electron chi connectivity index (χ3n) is 3.16. The van der Waals surface area contributed by atoms with E-state index >= 15 is 0 Å². The first kappa shape index (κ1) is 17.0. The van der Waals surface area contributed by atoms with Gasteiger partial charge in [-0.1, -0.05) is 0 Å². The molecule has 0 aromatic carbocycles. The molecule has 0 saturated carbocycles. The Morgan fingerprint density at radius 3 is 2.70 bits per heavy atom. The van der Waals surface area contributed by atoms with E-state index in [0.717, 1.165) is 57.7 Å². The third-order valence-corrected chi connectivity index (χ3v) is 3.16. The molecule has 0 aliphatic carbocycles. The van der Waals surface area contributed by atoms with Gasteiger partial charge < -0.3 is 22.1 Å². The van der Waals surface area contributed by atoms with E-state index in [0.29, 0.717) is 6.04 Å². The summed E-state index contributed by atoms with van der Waals surface area (Å²) in [5.41, 5.74) is 13.4. The summed E-state index contributed by atoms with van der Waals surface area (Å²) in [6.45, 7) is 6.41. The fourth-order valence-corrected chi connectivity index (χ4v) is 2.07. The predicted octanol–water partition coefficient (Wildman–Crippen LogP) is 0.389. The van der Waals surface area contributed by atoms with E-state index in [-0.39, 0.29) is 0 Å². The van der Waals surface area contributed by atoms with Crippen molar-refractivity contribution in [1.82, 2.24) is 15.6 Å². The van der Waals surface area contributed by atoms with Gasteiger partial charge in [0.1, 0.15) is 0 Å². The fourth-order valence-electron chi connectivity index (χ4n) is 2.07. The Labute approximate surface area is 122 Å². The van der Waals surface area contributed by atoms with Crippen LogP contribution in [-0.2, 0) is 13.0 Å². The van der Waals surface area contributed by atoms with Crippen LogP contribution in [0.3, 0.4) is 0 Å². The van der Waals surface area contributed by atoms with Crippen LogP contribution in [0.4, 0.5) is 0 Å². The smallest absolute Gasteiger partial charge is 0.0544 e. The largest absolute Gasteiger partial charge is 0.330 e. The van der Waals surface area contributed by atoms with Gasteiger partial charge in [-0.25, -0.2) is 0 Å². The Morgan fingerprint density at radius 2 is 1.95 bits per heavy atom. The van der Waals surface area contributed by atoms with E-state index in [4.69, 9.17) is 11.5 Å². The maximum absolute atomic E-state index is 5.49. The van der Waals surface area contributed by atoms with Crippen LogP contribution in [0.2, 0.25) is 0 Å². The topological polar surface area (TPSA) is 89.0 Å². The number of pyridine rings is 1. The number of nitrogens with zero attached hydrogens (tertiary/aromatic N) is 1. The lowest BCUT2D eigenvalue weighted by atomic mass is 10.1. The Morgan fingerprint density at radius 1 is 1.20 bits per heavy atom. The van der Waals surface area contributed by atoms with Gasteiger partial charge in [-0.3, -0.25) is 4.98 Å². The summed E-state index contributed by atoms with van der Waals surface area (Å²) in [6.07, 6.45) is 4.93. The molecule has 6 N–H and O–H groups in total. The van der Waals surface area contributed by atoms with Crippen LogP contribution >= 0.6 is 0 Å². The molecular weight excluding hydrogens is 250 g/mol. The van der Waals surface area contributed by atoms with E-state index in [2.05, 4.69) is 34.7 Å². The molecule has 1 aromatic heterocycles. The second-order valence-corrected chi connectivity index (χ2v) is 5.18. The molecule has 0 fully saturated rings. The van der Waals surface area contributed by atoms with Crippen LogP contribution in [-0.4, -0.2) is 37.2 Å². The van der Waals surface area contributed by atoms with Crippen molar-refractivity contribution in [1.29, 1.82) is 0 Å². The minimum Gasteiger partial charge on any atom is -0.330 e. The number of nitrogens with one attached hydrogen (secondary N) is 2. The van der Waals surface area contributed by atoms with E-state index in [1.165, 1.54) is 5.56 Å². The van der Waals surface area contributed by atoms with Crippen LogP contribution in [0.1, 0.15) is 31.0 Å². The zero-order valence-electron chi connectivity index (χ0n) is 12.6. The molecule has 0 saturated heterocycles. The average molecular weight is 279 g/mol. The number of hydrogen-bond acceptors (Lipinski definition) is 5. The highest BCUT2D eigenvalue weighted by Crippen LogP contribution is 2.05. The molecule has 0 bridgehead atoms. The van der Waals surface area contributed by atoms with Gasteiger partial charge in [-0.15, -0.1) is 0 Å². The third kappa shape index (κ3) is 7.55. The standard InChI is InChI=1S/C15H29N5/c1-13(19-8-3-6-17)10-14-4-9-20-15(11-14)12-18-7-2-5-16/h4,9,11,13,18-19H,2-3,5-8,10,12,16-17H2,1H3. The Balaban J connectivity index is 2.34. The van der Waals surface area contributed by atoms with Crippen LogP contribution in [0.25, 0.3) is 0 Å². The molecule has 5 nitrogen and oxygen atoms in total. The quantitative estimate of drug-likeness (QED) is 0.440. The van der Waals surface area contributed by atoms with Crippen molar-refractivity contribution in [3.8, 4) is 0 Å². The van der Waals surface area contributed by atoms with E-state index in [1.54, 1.807) is 0 Å². The van der Waals surface area contributed by atoms with Crippen LogP contribution in [0.15, 0.2) is 18.3 Å². The molecule has 114 valence electrons. The minimum atomic E-state index is 0.460. The molecule has 1 aromatic rings. The molecule has 1 unspecified atom stereocenters. The van der Waals surface area contributed by atoms with Gasteiger partial charge in [-0.05, 0) is 70.1 Å². The van der Waals surface area contributed by atoms with Crippen molar-refractivity contribution in [3.63, 3.8) is 0 Å². The van der Waals surface area contributed by atoms with Gasteiger partial charge in [0.15, 0.2) is 0 Å². The lowest BCUT2D eigenvalue weighted by molar-refractivity contribution is 0.536. The molecular formula is C15H29N5. The molecule has 0 spiro atoms. The first-order valence-corrected chi connectivity index (χ1v) is 7.54. The fraction of sp³-hybridized carbons (Fsp3) is 0.667. The summed E-state index contributed by atoms with van der Waals surface area (Å²) < 4.78 is 0. The number of aromatic nitrogens is 1. The second kappa shape index (κ2) is 10.7. The molecule has 20 heavy (non-hydrogen) atoms. The molecule has 1 rings (SSSR count). The van der Waals surface area contributed by atoms with Gasteiger partial charge in [-0.2, -0.15) is 0 Å². The van der Waals surface area contributed by atoms with Gasteiger partial charge in [0.25, 0.3) is 0 Å². The normalized spacial score (nSPS) is 12.6. The zero-order valence-corrected chi connectivity index (χ0v) is 12.6. The monoisotopic (exact) mass is 279 g/mol. The van der Waals surface area contributed by atoms with Gasteiger partial charge in [0, 0.05) is 18.8 Å². The molecule has 1 atom stereocenters. The summed E-state index contributed by atoms with van der Waals surface area (Å²) in [5.74, 6) is 0. The van der Waals surface area contributed by atoms with Crippen molar-refractivity contribution in [2.45, 2.75) is 38.8 Å². The zero-order chi connectivity index (χ0) is 14.6. The molecule has 0 aliphatic heterocycles. The van der Waals surface area contributed by atoms with Gasteiger partial charge >= 0.3 is 0 Å². The maximum atomic E-state index is 5.49. The van der Waals surface area contributed by atoms with Crippen molar-refractivity contribution >= 4 is 0 Å². The molecule has 0 aliphatic rings. The van der Waals surface area contributed by atoms with Gasteiger partial charge in [0.2, 0.25) is 0 Å². The summed E-state index contributed by atoms with van der Waals surface area (Å²) >= 11 is 0. The summed E-state index contributed by atoms with van der Waals surface area (Å²) in [5, 5.41) is 6.83. The average Bonchev–Trinajstić information content (AvgIpc) is 2.44. The van der Waals surface area contributed by atoms with E-state index < -0.39 is 0 Å². The summed E-state index contributed by atoms with van der Waals surface area (Å²) in [4.78, 5) is 4.39. The van der Waals surface area contributed by atoms with Crippen LogP contribution in [0, 0.1) is 0 Å². The SMILES string of the molecule is CC(Cc1ccnc(CNCCCN)c1)NCCCN. The van der Waals surface area contributed by atoms with Gasteiger partial charge in [0.05, 0.1) is 5.69 Å². The number of rotatable bonds is 11. The summed E-state index contributed by atoms with van der Waals surface area (Å²) in [7, 11) is 0. The number of hydrogen-bond donors (Lipinski definition) is 4. The second-order valence-electron chi connectivity index (χ2n) is 5.18. The molecule has 5 heteroatoms. The lowest BCUT2D eigenvalue weighted by Crippen LogP contribution is -2.30. The first-order chi connectivity index (χ1) is 9.76. The van der Waals surface area contributed by atoms with Crippen LogP contribution in [0.5, 0.6) is 0 Å². The maximum Gasteiger partial charge on any atom is 0.0544 e. The molecule has 0 radical (unpaired) electrons. The molecule has 0 amide bonds. The number of nitrogens with two attached hydrogens (primary N) is 2. The Kier molecular flexibility index (Phi) is 9.15. The highest BCUT2D eigenvalue weighted by Gasteiger charge is 2.04. The van der Waals surface area contributed by atoms with Crippen molar-refractivity contribution in [2.75, 3.05) is 26.2 Å². The minimum absolute atomic E-state index is 0.460. The highest BCUT2D eigenvalue weighted by atomic mass is 14.9. The van der Waals surface area contributed by atoms with Crippen LogP contribution < -0.4 is 22.1 Å². The molecule has 1 heterocycles. The van der Waals surface area contributed by atoms with Crippen molar-refractivity contribution in [2.24, 2.45) is 11.5 Å². The van der Waals surface area contributed by atoms with E-state index in [9.17, 15) is 0 Å². The predicted molar refractivity (Wildman–Crippen MR) is 84.5 cm³/mol. The van der Waals surface area contributed by atoms with Crippen molar-refractivity contribution in [3.05, 3.63) is 29.6 Å². The lowest BCUT2D eigenvalue weighted by Gasteiger charge is -2.14. The Hall–Kier alpha value is -1.01. The summed E-state index contributed by atoms with van der Waals surface area (Å²) in [6, 6.07) is 4.73.